The molecule has 2 rings (SSSR count). The summed E-state index contributed by atoms with van der Waals surface area (Å²) in [5.74, 6) is 3.16. The van der Waals surface area contributed by atoms with Crippen LogP contribution in [-0.2, 0) is 0 Å². The molecular formula is C14H21NO2. The Morgan fingerprint density at radius 2 is 1.76 bits per heavy atom. The fourth-order valence-electron chi connectivity index (χ4n) is 2.56. The fourth-order valence-corrected chi connectivity index (χ4v) is 2.56. The van der Waals surface area contributed by atoms with E-state index < -0.39 is 0 Å². The third kappa shape index (κ3) is 2.55. The monoisotopic (exact) mass is 235 g/mol. The van der Waals surface area contributed by atoms with Crippen LogP contribution < -0.4 is 14.8 Å². The number of benzene rings is 1. The number of hydrogen-bond acceptors (Lipinski definition) is 3. The van der Waals surface area contributed by atoms with Crippen molar-refractivity contribution < 1.29 is 9.47 Å². The van der Waals surface area contributed by atoms with Crippen molar-refractivity contribution in [2.75, 3.05) is 27.8 Å². The molecule has 2 atom stereocenters. The summed E-state index contributed by atoms with van der Waals surface area (Å²) in [6.45, 7) is 1.09. The van der Waals surface area contributed by atoms with Gasteiger partial charge >= 0.3 is 0 Å². The molecule has 0 amide bonds. The van der Waals surface area contributed by atoms with E-state index >= 15 is 0 Å². The summed E-state index contributed by atoms with van der Waals surface area (Å²) < 4.78 is 10.6. The molecule has 1 N–H and O–H groups in total. The second kappa shape index (κ2) is 5.41. The van der Waals surface area contributed by atoms with Gasteiger partial charge in [-0.05, 0) is 56.0 Å². The molecule has 1 fully saturated rings. The second-order valence-electron chi connectivity index (χ2n) is 4.65. The Hall–Kier alpha value is -1.22. The van der Waals surface area contributed by atoms with Crippen molar-refractivity contribution in [3.05, 3.63) is 23.8 Å². The van der Waals surface area contributed by atoms with Crippen LogP contribution in [0.2, 0.25) is 0 Å². The molecule has 0 radical (unpaired) electrons. The van der Waals surface area contributed by atoms with Gasteiger partial charge in [0.05, 0.1) is 14.2 Å². The Bertz CT molecular complexity index is 356. The summed E-state index contributed by atoms with van der Waals surface area (Å²) in [4.78, 5) is 0. The largest absolute Gasteiger partial charge is 0.497 e. The van der Waals surface area contributed by atoms with Crippen molar-refractivity contribution in [3.8, 4) is 11.5 Å². The van der Waals surface area contributed by atoms with Gasteiger partial charge in [0.25, 0.3) is 0 Å². The molecular weight excluding hydrogens is 214 g/mol. The predicted octanol–water partition coefficient (Wildman–Crippen LogP) is 2.42. The van der Waals surface area contributed by atoms with Crippen LogP contribution >= 0.6 is 0 Å². The molecule has 17 heavy (non-hydrogen) atoms. The molecule has 0 saturated heterocycles. The highest BCUT2D eigenvalue weighted by Gasteiger charge is 2.31. The zero-order chi connectivity index (χ0) is 12.3. The number of methoxy groups -OCH3 is 2. The molecule has 0 aliphatic heterocycles. The topological polar surface area (TPSA) is 30.5 Å². The number of rotatable bonds is 5. The highest BCUT2D eigenvalue weighted by molar-refractivity contribution is 5.41. The standard InChI is InChI=1S/C14H21NO2/c1-15-9-10-4-5-14(10)11-6-12(16-2)8-13(7-11)17-3/h6-8,10,14-15H,4-5,9H2,1-3H3. The van der Waals surface area contributed by atoms with Crippen LogP contribution in [0.3, 0.4) is 0 Å². The molecule has 1 aliphatic rings. The zero-order valence-electron chi connectivity index (χ0n) is 10.8. The highest BCUT2D eigenvalue weighted by atomic mass is 16.5. The Morgan fingerprint density at radius 3 is 2.18 bits per heavy atom. The van der Waals surface area contributed by atoms with E-state index in [1.54, 1.807) is 14.2 Å². The van der Waals surface area contributed by atoms with Gasteiger partial charge in [-0.25, -0.2) is 0 Å². The summed E-state index contributed by atoms with van der Waals surface area (Å²) in [6.07, 6.45) is 2.58. The quantitative estimate of drug-likeness (QED) is 0.850. The lowest BCUT2D eigenvalue weighted by atomic mass is 9.70. The van der Waals surface area contributed by atoms with E-state index in [1.807, 2.05) is 13.1 Å². The van der Waals surface area contributed by atoms with E-state index in [-0.39, 0.29) is 0 Å². The van der Waals surface area contributed by atoms with Crippen LogP contribution in [0.15, 0.2) is 18.2 Å². The van der Waals surface area contributed by atoms with Crippen molar-refractivity contribution >= 4 is 0 Å². The van der Waals surface area contributed by atoms with Crippen molar-refractivity contribution in [3.63, 3.8) is 0 Å². The van der Waals surface area contributed by atoms with Crippen molar-refractivity contribution in [1.82, 2.24) is 5.32 Å². The van der Waals surface area contributed by atoms with Gasteiger partial charge in [0.1, 0.15) is 11.5 Å². The SMILES string of the molecule is CNCC1CCC1c1cc(OC)cc(OC)c1. The third-order valence-electron chi connectivity index (χ3n) is 3.69. The average Bonchev–Trinajstić information content (AvgIpc) is 2.34. The van der Waals surface area contributed by atoms with E-state index in [9.17, 15) is 0 Å². The summed E-state index contributed by atoms with van der Waals surface area (Å²) in [5.41, 5.74) is 1.34. The van der Waals surface area contributed by atoms with Gasteiger partial charge in [0, 0.05) is 6.07 Å². The highest BCUT2D eigenvalue weighted by Crippen LogP contribution is 2.44. The molecule has 94 valence electrons. The van der Waals surface area contributed by atoms with Gasteiger partial charge in [-0.15, -0.1) is 0 Å². The lowest BCUT2D eigenvalue weighted by molar-refractivity contribution is 0.249. The minimum Gasteiger partial charge on any atom is -0.497 e. The van der Waals surface area contributed by atoms with Gasteiger partial charge < -0.3 is 14.8 Å². The number of hydrogen-bond donors (Lipinski definition) is 1. The summed E-state index contributed by atoms with van der Waals surface area (Å²) in [5, 5.41) is 3.26. The molecule has 1 aliphatic carbocycles. The van der Waals surface area contributed by atoms with Gasteiger partial charge in [0.2, 0.25) is 0 Å². The van der Waals surface area contributed by atoms with Crippen LogP contribution in [0, 0.1) is 5.92 Å². The zero-order valence-corrected chi connectivity index (χ0v) is 10.8. The fraction of sp³-hybridized carbons (Fsp3) is 0.571. The van der Waals surface area contributed by atoms with E-state index in [4.69, 9.17) is 9.47 Å². The van der Waals surface area contributed by atoms with E-state index in [2.05, 4.69) is 17.4 Å². The van der Waals surface area contributed by atoms with Gasteiger partial charge in [0.15, 0.2) is 0 Å². The number of ether oxygens (including phenoxy) is 2. The van der Waals surface area contributed by atoms with Crippen molar-refractivity contribution in [1.29, 1.82) is 0 Å². The average molecular weight is 235 g/mol. The van der Waals surface area contributed by atoms with Crippen molar-refractivity contribution in [2.24, 2.45) is 5.92 Å². The van der Waals surface area contributed by atoms with Gasteiger partial charge in [-0.1, -0.05) is 0 Å². The first-order chi connectivity index (χ1) is 8.28. The van der Waals surface area contributed by atoms with Gasteiger partial charge in [-0.2, -0.15) is 0 Å². The first kappa shape index (κ1) is 12.2. The normalized spacial score (nSPS) is 23.0. The molecule has 0 bridgehead atoms. The third-order valence-corrected chi connectivity index (χ3v) is 3.69. The van der Waals surface area contributed by atoms with Crippen molar-refractivity contribution in [2.45, 2.75) is 18.8 Å². The minimum absolute atomic E-state index is 0.645. The molecule has 1 aromatic carbocycles. The maximum atomic E-state index is 5.32. The lowest BCUT2D eigenvalue weighted by Gasteiger charge is -2.37. The molecule has 2 unspecified atom stereocenters. The van der Waals surface area contributed by atoms with E-state index in [0.29, 0.717) is 5.92 Å². The second-order valence-corrected chi connectivity index (χ2v) is 4.65. The molecule has 3 nitrogen and oxygen atoms in total. The molecule has 1 aromatic rings. The van der Waals surface area contributed by atoms with Crippen LogP contribution in [0.4, 0.5) is 0 Å². The summed E-state index contributed by atoms with van der Waals surface area (Å²) in [6, 6.07) is 6.19. The molecule has 0 spiro atoms. The molecule has 0 heterocycles. The summed E-state index contributed by atoms with van der Waals surface area (Å²) in [7, 11) is 5.41. The van der Waals surface area contributed by atoms with Crippen LogP contribution in [0.1, 0.15) is 24.3 Å². The van der Waals surface area contributed by atoms with E-state index in [1.165, 1.54) is 18.4 Å². The van der Waals surface area contributed by atoms with Crippen LogP contribution in [-0.4, -0.2) is 27.8 Å². The van der Waals surface area contributed by atoms with Crippen LogP contribution in [0.25, 0.3) is 0 Å². The maximum absolute atomic E-state index is 5.32. The Labute approximate surface area is 103 Å². The van der Waals surface area contributed by atoms with Gasteiger partial charge in [-0.3, -0.25) is 0 Å². The first-order valence-corrected chi connectivity index (χ1v) is 6.16. The molecule has 1 saturated carbocycles. The predicted molar refractivity (Wildman–Crippen MR) is 68.9 cm³/mol. The first-order valence-electron chi connectivity index (χ1n) is 6.16. The molecule has 3 heteroatoms. The number of nitrogens with one attached hydrogen (secondary N) is 1. The Morgan fingerprint density at radius 1 is 1.12 bits per heavy atom. The minimum atomic E-state index is 0.645. The van der Waals surface area contributed by atoms with Crippen LogP contribution in [0.5, 0.6) is 11.5 Å². The summed E-state index contributed by atoms with van der Waals surface area (Å²) >= 11 is 0. The Balaban J connectivity index is 2.19. The Kier molecular flexibility index (Phi) is 3.89. The lowest BCUT2D eigenvalue weighted by Crippen LogP contribution is -2.32. The van der Waals surface area contributed by atoms with E-state index in [0.717, 1.165) is 24.0 Å². The smallest absolute Gasteiger partial charge is 0.122 e. The molecule has 0 aromatic heterocycles. The maximum Gasteiger partial charge on any atom is 0.122 e.